The molecule has 1 amide bonds. The first kappa shape index (κ1) is 17.4. The number of methoxy groups -OCH3 is 1. The minimum absolute atomic E-state index is 0.208. The highest BCUT2D eigenvalue weighted by Gasteiger charge is 2.37. The van der Waals surface area contributed by atoms with Gasteiger partial charge in [-0.1, -0.05) is 12.1 Å². The van der Waals surface area contributed by atoms with Gasteiger partial charge in [-0.25, -0.2) is 0 Å². The van der Waals surface area contributed by atoms with Crippen molar-refractivity contribution in [3.05, 3.63) is 68.7 Å². The fourth-order valence-electron chi connectivity index (χ4n) is 3.66. The van der Waals surface area contributed by atoms with E-state index in [9.17, 15) is 10.1 Å². The highest BCUT2D eigenvalue weighted by atomic mass is 32.1. The van der Waals surface area contributed by atoms with Crippen molar-refractivity contribution >= 4 is 23.0 Å². The lowest BCUT2D eigenvalue weighted by molar-refractivity contribution is -0.118. The van der Waals surface area contributed by atoms with Crippen LogP contribution >= 0.6 is 11.3 Å². The summed E-state index contributed by atoms with van der Waals surface area (Å²) >= 11 is 1.60. The first-order valence-electron chi connectivity index (χ1n) is 8.65. The van der Waals surface area contributed by atoms with Crippen molar-refractivity contribution in [1.29, 1.82) is 5.26 Å². The number of nitrogens with zero attached hydrogens (tertiary/aromatic N) is 1. The highest BCUT2D eigenvalue weighted by molar-refractivity contribution is 7.10. The molecule has 0 spiro atoms. The molecule has 2 aliphatic rings. The monoisotopic (exact) mass is 378 g/mol. The molecule has 0 bridgehead atoms. The number of amides is 1. The first-order valence-corrected chi connectivity index (χ1v) is 9.53. The number of nitriles is 1. The van der Waals surface area contributed by atoms with Crippen LogP contribution < -0.4 is 10.1 Å². The van der Waals surface area contributed by atoms with E-state index in [1.165, 1.54) is 12.5 Å². The van der Waals surface area contributed by atoms with Gasteiger partial charge in [-0.15, -0.1) is 11.3 Å². The SMILES string of the molecule is COc1ccc2c(c1)C1=C(CC2)C(c2cccs2)C(C#N)=C(NC(C)=O)O1. The number of carbonyl (C=O) groups excluding carboxylic acids is 1. The molecule has 6 heteroatoms. The maximum atomic E-state index is 11.7. The van der Waals surface area contributed by atoms with E-state index in [0.717, 1.165) is 40.4 Å². The molecule has 1 aromatic carbocycles. The van der Waals surface area contributed by atoms with Gasteiger partial charge in [-0.2, -0.15) is 5.26 Å². The summed E-state index contributed by atoms with van der Waals surface area (Å²) in [6, 6.07) is 12.2. The van der Waals surface area contributed by atoms with E-state index in [0.29, 0.717) is 5.57 Å². The fraction of sp³-hybridized carbons (Fsp3) is 0.238. The summed E-state index contributed by atoms with van der Waals surface area (Å²) < 4.78 is 11.5. The van der Waals surface area contributed by atoms with Crippen LogP contribution in [0.5, 0.6) is 5.75 Å². The van der Waals surface area contributed by atoms with Gasteiger partial charge in [0.15, 0.2) is 0 Å². The molecule has 0 saturated heterocycles. The van der Waals surface area contributed by atoms with Crippen molar-refractivity contribution in [3.63, 3.8) is 0 Å². The van der Waals surface area contributed by atoms with E-state index >= 15 is 0 Å². The minimum Gasteiger partial charge on any atom is -0.497 e. The number of rotatable bonds is 3. The van der Waals surface area contributed by atoms with Gasteiger partial charge in [0.25, 0.3) is 0 Å². The Kier molecular flexibility index (Phi) is 4.46. The van der Waals surface area contributed by atoms with Gasteiger partial charge in [-0.05, 0) is 47.6 Å². The quantitative estimate of drug-likeness (QED) is 0.873. The van der Waals surface area contributed by atoms with Crippen molar-refractivity contribution < 1.29 is 14.3 Å². The lowest BCUT2D eigenvalue weighted by Crippen LogP contribution is -2.29. The summed E-state index contributed by atoms with van der Waals surface area (Å²) in [6.07, 6.45) is 1.67. The Hall–Kier alpha value is -3.04. The molecule has 27 heavy (non-hydrogen) atoms. The molecule has 4 rings (SSSR count). The number of carbonyl (C=O) groups is 1. The number of thiophene rings is 1. The number of hydrogen-bond acceptors (Lipinski definition) is 5. The summed E-state index contributed by atoms with van der Waals surface area (Å²) in [4.78, 5) is 12.8. The Balaban J connectivity index is 1.91. The van der Waals surface area contributed by atoms with Crippen LogP contribution in [-0.2, 0) is 16.0 Å². The molecule has 1 aliphatic heterocycles. The molecule has 0 fully saturated rings. The molecule has 2 aromatic rings. The van der Waals surface area contributed by atoms with Crippen LogP contribution in [0.4, 0.5) is 0 Å². The van der Waals surface area contributed by atoms with E-state index in [4.69, 9.17) is 9.47 Å². The Morgan fingerprint density at radius 2 is 2.22 bits per heavy atom. The summed E-state index contributed by atoms with van der Waals surface area (Å²) in [7, 11) is 1.63. The third kappa shape index (κ3) is 3.00. The van der Waals surface area contributed by atoms with Gasteiger partial charge in [-0.3, -0.25) is 10.1 Å². The van der Waals surface area contributed by atoms with Crippen molar-refractivity contribution in [1.82, 2.24) is 5.32 Å². The Bertz CT molecular complexity index is 1010. The molecule has 1 atom stereocenters. The fourth-order valence-corrected chi connectivity index (χ4v) is 4.53. The van der Waals surface area contributed by atoms with Gasteiger partial charge >= 0.3 is 0 Å². The zero-order valence-electron chi connectivity index (χ0n) is 15.0. The van der Waals surface area contributed by atoms with Crippen LogP contribution in [0.15, 0.2) is 52.7 Å². The molecule has 2 heterocycles. The molecule has 0 saturated carbocycles. The molecule has 1 aliphatic carbocycles. The molecule has 1 N–H and O–H groups in total. The number of nitrogens with one attached hydrogen (secondary N) is 1. The first-order chi connectivity index (χ1) is 13.1. The van der Waals surface area contributed by atoms with E-state index in [-0.39, 0.29) is 17.7 Å². The maximum Gasteiger partial charge on any atom is 0.223 e. The normalized spacial score (nSPS) is 18.2. The van der Waals surface area contributed by atoms with Crippen LogP contribution in [0.2, 0.25) is 0 Å². The number of ether oxygens (including phenoxy) is 2. The maximum absolute atomic E-state index is 11.7. The van der Waals surface area contributed by atoms with E-state index in [1.807, 2.05) is 35.7 Å². The number of aryl methyl sites for hydroxylation is 1. The van der Waals surface area contributed by atoms with Crippen LogP contribution in [0.1, 0.15) is 35.3 Å². The predicted molar refractivity (Wildman–Crippen MR) is 103 cm³/mol. The summed E-state index contributed by atoms with van der Waals surface area (Å²) in [6.45, 7) is 1.41. The Morgan fingerprint density at radius 3 is 2.89 bits per heavy atom. The Labute approximate surface area is 161 Å². The second kappa shape index (κ2) is 6.93. The molecule has 1 unspecified atom stereocenters. The van der Waals surface area contributed by atoms with Gasteiger partial charge in [0.05, 0.1) is 13.0 Å². The van der Waals surface area contributed by atoms with Crippen molar-refractivity contribution in [2.24, 2.45) is 0 Å². The van der Waals surface area contributed by atoms with Crippen molar-refractivity contribution in [2.45, 2.75) is 25.7 Å². The number of allylic oxidation sites excluding steroid dienone is 2. The van der Waals surface area contributed by atoms with E-state index in [1.54, 1.807) is 18.4 Å². The van der Waals surface area contributed by atoms with Crippen molar-refractivity contribution in [2.75, 3.05) is 7.11 Å². The summed E-state index contributed by atoms with van der Waals surface area (Å²) in [5, 5.41) is 14.5. The second-order valence-corrected chi connectivity index (χ2v) is 7.44. The second-order valence-electron chi connectivity index (χ2n) is 6.46. The number of hydrogen-bond donors (Lipinski definition) is 1. The summed E-state index contributed by atoms with van der Waals surface area (Å²) in [5.74, 6) is 1.21. The highest BCUT2D eigenvalue weighted by Crippen LogP contribution is 2.48. The smallest absolute Gasteiger partial charge is 0.223 e. The number of fused-ring (bicyclic) bond motifs is 2. The van der Waals surface area contributed by atoms with Gasteiger partial charge in [0.2, 0.25) is 11.8 Å². The lowest BCUT2D eigenvalue weighted by Gasteiger charge is -2.33. The van der Waals surface area contributed by atoms with Gasteiger partial charge in [0.1, 0.15) is 23.2 Å². The van der Waals surface area contributed by atoms with E-state index < -0.39 is 0 Å². The van der Waals surface area contributed by atoms with Gasteiger partial charge < -0.3 is 9.47 Å². The third-order valence-electron chi connectivity index (χ3n) is 4.84. The minimum atomic E-state index is -0.270. The summed E-state index contributed by atoms with van der Waals surface area (Å²) in [5.41, 5.74) is 3.64. The largest absolute Gasteiger partial charge is 0.497 e. The van der Waals surface area contributed by atoms with Crippen LogP contribution in [-0.4, -0.2) is 13.0 Å². The zero-order valence-corrected chi connectivity index (χ0v) is 15.9. The molecular formula is C21H18N2O3S. The Morgan fingerprint density at radius 1 is 1.37 bits per heavy atom. The van der Waals surface area contributed by atoms with Crippen LogP contribution in [0, 0.1) is 11.3 Å². The molecule has 136 valence electrons. The predicted octanol–water partition coefficient (Wildman–Crippen LogP) is 4.10. The molecule has 0 radical (unpaired) electrons. The van der Waals surface area contributed by atoms with Gasteiger partial charge in [0, 0.05) is 17.4 Å². The third-order valence-corrected chi connectivity index (χ3v) is 5.78. The zero-order chi connectivity index (χ0) is 19.0. The standard InChI is InChI=1S/C21H18N2O3S/c1-12(24)23-21-17(11-22)19(18-4-3-9-27-18)15-8-6-13-5-7-14(25-2)10-16(13)20(15)26-21/h3-5,7,9-10,19H,6,8H2,1-2H3,(H,23,24). The van der Waals surface area contributed by atoms with Crippen molar-refractivity contribution in [3.8, 4) is 11.8 Å². The molecule has 5 nitrogen and oxygen atoms in total. The number of benzene rings is 1. The molecule has 1 aromatic heterocycles. The average molecular weight is 378 g/mol. The topological polar surface area (TPSA) is 71.3 Å². The lowest BCUT2D eigenvalue weighted by atomic mass is 9.79. The molecular weight excluding hydrogens is 360 g/mol. The van der Waals surface area contributed by atoms with E-state index in [2.05, 4.69) is 11.4 Å². The average Bonchev–Trinajstić information content (AvgIpc) is 3.20. The van der Waals surface area contributed by atoms with Crippen LogP contribution in [0.25, 0.3) is 5.76 Å². The van der Waals surface area contributed by atoms with Crippen LogP contribution in [0.3, 0.4) is 0 Å².